The maximum atomic E-state index is 14.4. The van der Waals surface area contributed by atoms with Crippen LogP contribution in [0.2, 0.25) is 0 Å². The number of methoxy groups -OCH3 is 2. The highest BCUT2D eigenvalue weighted by molar-refractivity contribution is 5.93. The van der Waals surface area contributed by atoms with E-state index in [1.165, 1.54) is 27.3 Å². The van der Waals surface area contributed by atoms with Gasteiger partial charge >= 0.3 is 17.9 Å². The lowest BCUT2D eigenvalue weighted by atomic mass is 9.75. The van der Waals surface area contributed by atoms with Crippen molar-refractivity contribution in [1.82, 2.24) is 14.9 Å². The summed E-state index contributed by atoms with van der Waals surface area (Å²) in [5.74, 6) is -5.64. The van der Waals surface area contributed by atoms with Crippen LogP contribution in [0.5, 0.6) is 5.75 Å². The lowest BCUT2D eigenvalue weighted by Crippen LogP contribution is -2.61. The molecule has 0 aliphatic carbocycles. The first-order valence-corrected chi connectivity index (χ1v) is 26.4. The highest BCUT2D eigenvalue weighted by Gasteiger charge is 2.55. The van der Waals surface area contributed by atoms with Crippen LogP contribution in [-0.2, 0) is 52.3 Å². The summed E-state index contributed by atoms with van der Waals surface area (Å²) in [6.45, 7) is 16.2. The number of nitrogens with one attached hydrogen (secondary N) is 1. The molecule has 3 fully saturated rings. The van der Waals surface area contributed by atoms with Gasteiger partial charge in [0.05, 0.1) is 54.5 Å². The fraction of sp³-hybridized carbons (Fsp3) is 0.759. The molecule has 3 saturated heterocycles. The van der Waals surface area contributed by atoms with Crippen LogP contribution in [-0.4, -0.2) is 200 Å². The second-order valence-corrected chi connectivity index (χ2v) is 22.0. The number of fused-ring (bicyclic) bond motifs is 1. The quantitative estimate of drug-likeness (QED) is 0.0999. The number of carbonyl (C=O) groups excluding carboxylic acids is 3. The molecule has 1 aromatic carbocycles. The van der Waals surface area contributed by atoms with Gasteiger partial charge in [-0.2, -0.15) is 0 Å². The number of aliphatic hydroxyl groups is 3. The van der Waals surface area contributed by atoms with Crippen molar-refractivity contribution in [2.75, 3.05) is 67.1 Å². The van der Waals surface area contributed by atoms with E-state index in [-0.39, 0.29) is 48.8 Å². The molecule has 76 heavy (non-hydrogen) atoms. The topological polar surface area (TPSA) is 273 Å². The third kappa shape index (κ3) is 14.1. The molecule has 430 valence electrons. The zero-order valence-electron chi connectivity index (χ0n) is 47.1. The van der Waals surface area contributed by atoms with Gasteiger partial charge in [-0.1, -0.05) is 20.8 Å². The number of aliphatic hydroxyl groups excluding tert-OH is 2. The number of hydrogen-bond acceptors (Lipinski definition) is 20. The van der Waals surface area contributed by atoms with Gasteiger partial charge in [0.1, 0.15) is 40.8 Å². The van der Waals surface area contributed by atoms with Gasteiger partial charge in [-0.05, 0) is 100.0 Å². The smallest absolute Gasteiger partial charge is 0.341 e. The van der Waals surface area contributed by atoms with Crippen LogP contribution in [0.1, 0.15) is 111 Å². The average Bonchev–Trinajstić information content (AvgIpc) is 3.36. The first-order chi connectivity index (χ1) is 35.5. The number of nitrogens with zero attached hydrogens (tertiary/aromatic N) is 3. The standard InChI is InChI=1S/C54H86N4O18/c1-16-39-54(9,67)46(63)42(60)29(2)26-52(7,68-14)47(76-51-44(62)38(56(10)11)24-30(3)71-51)31(4)45(32(5)50(66)73-39)75-41-27-53(8,69-15)48(33(6)72-41)74-40(59)20-22-55-21-17-23-70-34-18-19-35-37(25-34)58(57(12)13)28-36(43(35)61)49(64)65/h18-19,25,28-33,38-39,41,44-48,51,55,62-63,67H,16-17,20-24,26-27H2,1-15H3,(H,64,65)/t29-,30-,31+,32-,33+,38+,39-,41+,44-,45+,46-,47-,48+,51+,52-,53-,54-/m1/s1. The molecule has 2 aromatic rings. The first kappa shape index (κ1) is 62.5. The number of hydrogen-bond donors (Lipinski definition) is 5. The Morgan fingerprint density at radius 1 is 0.908 bits per heavy atom. The number of aromatic nitrogens is 1. The van der Waals surface area contributed by atoms with E-state index in [0.717, 1.165) is 0 Å². The number of rotatable bonds is 19. The van der Waals surface area contributed by atoms with E-state index in [1.807, 2.05) is 25.9 Å². The number of esters is 2. The molecule has 3 aliphatic rings. The Morgan fingerprint density at radius 3 is 2.17 bits per heavy atom. The Labute approximate surface area is 446 Å². The molecule has 17 atom stereocenters. The SMILES string of the molecule is CC[C@H]1OC(=O)[C@H](C)[C@@H](O[C@H]2C[C@@](C)(OC)[C@@H](OC(=O)CCNCCCOc3ccc4c(=O)c(C(=O)O)cn(N(C)C)c4c3)[C@H](C)O2)[C@H](C)[C@@H](O[C@@H]2O[C@H](C)C[C@H](N(C)C)[C@H]2O)[C@](C)(OC)C[C@@H](C)C(=O)[C@@H](O)[C@]1(C)O. The van der Waals surface area contributed by atoms with Crippen LogP contribution in [0.3, 0.4) is 0 Å². The van der Waals surface area contributed by atoms with Crippen molar-refractivity contribution >= 4 is 34.6 Å². The Hall–Kier alpha value is -4.33. The van der Waals surface area contributed by atoms with Crippen LogP contribution >= 0.6 is 0 Å². The van der Waals surface area contributed by atoms with Crippen LogP contribution in [0, 0.1) is 17.8 Å². The zero-order chi connectivity index (χ0) is 56.8. The third-order valence-electron chi connectivity index (χ3n) is 15.7. The normalized spacial score (nSPS) is 35.9. The van der Waals surface area contributed by atoms with Gasteiger partial charge in [0, 0.05) is 76.8 Å². The first-order valence-electron chi connectivity index (χ1n) is 26.4. The molecule has 4 heterocycles. The molecule has 0 bridgehead atoms. The molecular formula is C54H86N4O18. The van der Waals surface area contributed by atoms with E-state index >= 15 is 0 Å². The second-order valence-electron chi connectivity index (χ2n) is 22.0. The van der Waals surface area contributed by atoms with E-state index in [4.69, 9.17) is 42.6 Å². The van der Waals surface area contributed by atoms with Crippen molar-refractivity contribution in [3.8, 4) is 5.75 Å². The van der Waals surface area contributed by atoms with Crippen LogP contribution in [0.4, 0.5) is 0 Å². The summed E-state index contributed by atoms with van der Waals surface area (Å²) in [5.41, 5.74) is -5.14. The van der Waals surface area contributed by atoms with E-state index in [2.05, 4.69) is 5.32 Å². The fourth-order valence-corrected chi connectivity index (χ4v) is 11.0. The number of carbonyl (C=O) groups is 4. The molecule has 0 amide bonds. The number of ether oxygens (including phenoxy) is 9. The number of cyclic esters (lactones) is 1. The van der Waals surface area contributed by atoms with Crippen molar-refractivity contribution in [1.29, 1.82) is 0 Å². The third-order valence-corrected chi connectivity index (χ3v) is 15.7. The van der Waals surface area contributed by atoms with Crippen LogP contribution < -0.4 is 20.5 Å². The van der Waals surface area contributed by atoms with Gasteiger partial charge < -0.3 is 78.3 Å². The van der Waals surface area contributed by atoms with Gasteiger partial charge in [-0.25, -0.2) is 4.79 Å². The lowest BCUT2D eigenvalue weighted by Gasteiger charge is -2.49. The summed E-state index contributed by atoms with van der Waals surface area (Å²) in [7, 11) is 10.1. The number of benzene rings is 1. The van der Waals surface area contributed by atoms with E-state index < -0.39 is 119 Å². The molecule has 22 heteroatoms. The molecule has 5 N–H and O–H groups in total. The second kappa shape index (κ2) is 26.1. The number of ketones is 1. The Morgan fingerprint density at radius 2 is 1.57 bits per heavy atom. The molecule has 0 unspecified atom stereocenters. The summed E-state index contributed by atoms with van der Waals surface area (Å²) < 4.78 is 58.4. The monoisotopic (exact) mass is 1080 g/mol. The predicted molar refractivity (Wildman–Crippen MR) is 279 cm³/mol. The molecule has 0 spiro atoms. The van der Waals surface area contributed by atoms with Crippen molar-refractivity contribution in [3.63, 3.8) is 0 Å². The highest BCUT2D eigenvalue weighted by Crippen LogP contribution is 2.42. The minimum absolute atomic E-state index is 0.0219. The molecule has 22 nitrogen and oxygen atoms in total. The van der Waals surface area contributed by atoms with Crippen LogP contribution in [0.25, 0.3) is 10.9 Å². The lowest BCUT2D eigenvalue weighted by molar-refractivity contribution is -0.320. The number of aromatic carboxylic acids is 1. The average molecular weight is 1080 g/mol. The molecule has 1 aromatic heterocycles. The van der Waals surface area contributed by atoms with Crippen LogP contribution in [0.15, 0.2) is 29.2 Å². The van der Waals surface area contributed by atoms with Gasteiger partial charge in [0.25, 0.3) is 0 Å². The Bertz CT molecular complexity index is 2370. The molecular weight excluding hydrogens is 993 g/mol. The number of carboxylic acid groups (broad SMARTS) is 1. The summed E-state index contributed by atoms with van der Waals surface area (Å²) >= 11 is 0. The van der Waals surface area contributed by atoms with Gasteiger partial charge in [-0.3, -0.25) is 23.9 Å². The van der Waals surface area contributed by atoms with E-state index in [9.17, 15) is 44.4 Å². The predicted octanol–water partition coefficient (Wildman–Crippen LogP) is 3.01. The van der Waals surface area contributed by atoms with Crippen molar-refractivity contribution in [2.45, 2.75) is 185 Å². The summed E-state index contributed by atoms with van der Waals surface area (Å²) in [6, 6.07) is 4.50. The molecule has 3 aliphatic heterocycles. The number of likely N-dealkylation sites (N-methyl/N-ethyl adjacent to an activating group) is 1. The minimum atomic E-state index is -2.18. The van der Waals surface area contributed by atoms with Gasteiger partial charge in [0.15, 0.2) is 24.5 Å². The molecule has 5 rings (SSSR count). The van der Waals surface area contributed by atoms with Gasteiger partial charge in [0.2, 0.25) is 5.43 Å². The highest BCUT2D eigenvalue weighted by atomic mass is 16.7. The number of carboxylic acids is 1. The van der Waals surface area contributed by atoms with E-state index in [1.54, 1.807) is 90.4 Å². The molecule has 0 saturated carbocycles. The fourth-order valence-electron chi connectivity index (χ4n) is 11.0. The zero-order valence-corrected chi connectivity index (χ0v) is 47.1. The number of Topliss-reactive ketones (excluding diaryl/α,β-unsaturated/α-hetero) is 1. The maximum absolute atomic E-state index is 14.4. The minimum Gasteiger partial charge on any atom is -0.493 e. The van der Waals surface area contributed by atoms with Gasteiger partial charge in [-0.15, -0.1) is 0 Å². The van der Waals surface area contributed by atoms with Crippen molar-refractivity contribution in [2.24, 2.45) is 17.8 Å². The van der Waals surface area contributed by atoms with E-state index in [0.29, 0.717) is 43.8 Å². The largest absolute Gasteiger partial charge is 0.493 e. The summed E-state index contributed by atoms with van der Waals surface area (Å²) in [5, 5.41) is 49.5. The Balaban J connectivity index is 1.30. The van der Waals surface area contributed by atoms with Crippen molar-refractivity contribution in [3.05, 3.63) is 40.2 Å². The maximum Gasteiger partial charge on any atom is 0.341 e. The number of pyridine rings is 1. The van der Waals surface area contributed by atoms with Crippen molar-refractivity contribution < 1.29 is 82.2 Å². The summed E-state index contributed by atoms with van der Waals surface area (Å²) in [4.78, 5) is 68.2. The summed E-state index contributed by atoms with van der Waals surface area (Å²) in [6.07, 6.45) is -8.31. The molecule has 0 radical (unpaired) electrons. The Kier molecular flexibility index (Phi) is 21.5.